The lowest BCUT2D eigenvalue weighted by atomic mass is 9.83. The molecule has 3 rings (SSSR count). The van der Waals surface area contributed by atoms with Crippen LogP contribution >= 0.6 is 11.8 Å². The minimum absolute atomic E-state index is 0.0372. The maximum absolute atomic E-state index is 12.3. The van der Waals surface area contributed by atoms with Crippen molar-refractivity contribution >= 4 is 29.5 Å². The zero-order chi connectivity index (χ0) is 19.4. The number of carboxylic acids is 1. The first-order valence-electron chi connectivity index (χ1n) is 8.88. The second kappa shape index (κ2) is 6.54. The van der Waals surface area contributed by atoms with Crippen LogP contribution in [0.2, 0.25) is 0 Å². The molecule has 6 atom stereocenters. The lowest BCUT2D eigenvalue weighted by Gasteiger charge is -2.44. The number of quaternary nitrogens is 1. The van der Waals surface area contributed by atoms with Crippen LogP contribution in [0, 0.1) is 5.92 Å². The highest BCUT2D eigenvalue weighted by Gasteiger charge is 2.57. The van der Waals surface area contributed by atoms with Crippen molar-refractivity contribution < 1.29 is 29.1 Å². The van der Waals surface area contributed by atoms with Gasteiger partial charge in [-0.25, -0.2) is 4.79 Å². The molecular formula is C17H26N3O5S+. The highest BCUT2D eigenvalue weighted by atomic mass is 32.2. The third-order valence-electron chi connectivity index (χ3n) is 6.11. The molecule has 4 N–H and O–H groups in total. The van der Waals surface area contributed by atoms with Crippen LogP contribution in [0.1, 0.15) is 26.7 Å². The number of aliphatic hydroxyl groups is 1. The second-order valence-corrected chi connectivity index (χ2v) is 9.09. The number of hydrogen-bond acceptors (Lipinski definition) is 5. The van der Waals surface area contributed by atoms with Crippen LogP contribution in [-0.2, 0) is 14.4 Å². The Kier molecular flexibility index (Phi) is 4.83. The summed E-state index contributed by atoms with van der Waals surface area (Å²) in [6, 6.07) is -0.562. The standard InChI is InChI=1S/C17H25N3O5S/c1-4-20(3)7-9(5-11(20)15(18)22)26-12-6-10-13(8(2)21)16(23)19(10)14(12)17(24)25/h8-11,13,21H,4-7H2,1-3H3,(H2-,18,22,24,25)/p+1/t8-,9+,10-,11+,13-,20?/m1/s1. The number of aliphatic hydroxyl groups excluding tert-OH is 1. The van der Waals surface area contributed by atoms with Crippen LogP contribution in [-0.4, -0.2) is 81.0 Å². The first-order valence-corrected chi connectivity index (χ1v) is 9.76. The number of nitrogens with zero attached hydrogens (tertiary/aromatic N) is 2. The molecule has 0 aromatic heterocycles. The molecule has 2 fully saturated rings. The van der Waals surface area contributed by atoms with Crippen molar-refractivity contribution in [3.8, 4) is 0 Å². The van der Waals surface area contributed by atoms with Gasteiger partial charge in [0.15, 0.2) is 6.04 Å². The van der Waals surface area contributed by atoms with Gasteiger partial charge in [-0.1, -0.05) is 0 Å². The molecule has 3 aliphatic heterocycles. The lowest BCUT2D eigenvalue weighted by Crippen LogP contribution is -2.61. The monoisotopic (exact) mass is 384 g/mol. The lowest BCUT2D eigenvalue weighted by molar-refractivity contribution is -0.910. The van der Waals surface area contributed by atoms with Gasteiger partial charge in [-0.2, -0.15) is 0 Å². The number of β-lactam (4-membered cyclic amide) rings is 1. The van der Waals surface area contributed by atoms with Crippen LogP contribution in [0.5, 0.6) is 0 Å². The van der Waals surface area contributed by atoms with Crippen molar-refractivity contribution in [1.82, 2.24) is 4.90 Å². The van der Waals surface area contributed by atoms with Gasteiger partial charge in [0.1, 0.15) is 5.70 Å². The van der Waals surface area contributed by atoms with Gasteiger partial charge >= 0.3 is 5.97 Å². The Morgan fingerprint density at radius 1 is 1.46 bits per heavy atom. The fraction of sp³-hybridized carbons (Fsp3) is 0.706. The molecular weight excluding hydrogens is 358 g/mol. The first kappa shape index (κ1) is 19.2. The highest BCUT2D eigenvalue weighted by Crippen LogP contribution is 2.49. The molecule has 3 heterocycles. The molecule has 8 nitrogen and oxygen atoms in total. The van der Waals surface area contributed by atoms with Gasteiger partial charge in [-0.05, 0) is 13.8 Å². The Balaban J connectivity index is 1.81. The quantitative estimate of drug-likeness (QED) is 0.428. The molecule has 0 bridgehead atoms. The summed E-state index contributed by atoms with van der Waals surface area (Å²) < 4.78 is 0.547. The number of hydrogen-bond donors (Lipinski definition) is 3. The number of likely N-dealkylation sites (tertiary alicyclic amines) is 1. The number of likely N-dealkylation sites (N-methyl/N-ethyl adjacent to an activating group) is 1. The van der Waals surface area contributed by atoms with E-state index < -0.39 is 18.0 Å². The molecule has 0 aromatic carbocycles. The van der Waals surface area contributed by atoms with Gasteiger partial charge in [0.05, 0.1) is 43.5 Å². The molecule has 1 unspecified atom stereocenters. The maximum Gasteiger partial charge on any atom is 0.353 e. The molecule has 0 radical (unpaired) electrons. The third kappa shape index (κ3) is 2.82. The number of thioether (sulfide) groups is 1. The number of aliphatic carboxylic acids is 1. The molecule has 2 amide bonds. The predicted molar refractivity (Wildman–Crippen MR) is 95.7 cm³/mol. The zero-order valence-corrected chi connectivity index (χ0v) is 16.0. The summed E-state index contributed by atoms with van der Waals surface area (Å²) in [5.41, 5.74) is 5.61. The number of fused-ring (bicyclic) bond motifs is 1. The van der Waals surface area contributed by atoms with E-state index >= 15 is 0 Å². The van der Waals surface area contributed by atoms with Crippen LogP contribution in [0.4, 0.5) is 0 Å². The van der Waals surface area contributed by atoms with E-state index in [1.807, 2.05) is 14.0 Å². The van der Waals surface area contributed by atoms with E-state index in [0.717, 1.165) is 13.1 Å². The molecule has 9 heteroatoms. The normalized spacial score (nSPS) is 37.5. The van der Waals surface area contributed by atoms with E-state index in [4.69, 9.17) is 5.73 Å². The SMILES string of the molecule is CC[N+]1(C)C[C@@H](SC2=C(C(=O)O)N3C(=O)[C@H]([C@@H](C)O)[C@H]3C2)C[C@H]1C(N)=O. The summed E-state index contributed by atoms with van der Waals surface area (Å²) in [5, 5.41) is 19.5. The van der Waals surface area contributed by atoms with Crippen LogP contribution in [0.3, 0.4) is 0 Å². The molecule has 2 saturated heterocycles. The number of rotatable bonds is 6. The summed E-state index contributed by atoms with van der Waals surface area (Å²) in [6.45, 7) is 5.07. The van der Waals surface area contributed by atoms with E-state index in [2.05, 4.69) is 0 Å². The van der Waals surface area contributed by atoms with E-state index in [-0.39, 0.29) is 34.8 Å². The van der Waals surface area contributed by atoms with Crippen molar-refractivity contribution in [2.24, 2.45) is 11.7 Å². The van der Waals surface area contributed by atoms with E-state index in [9.17, 15) is 24.6 Å². The molecule has 0 aliphatic carbocycles. The van der Waals surface area contributed by atoms with Crippen molar-refractivity contribution in [2.75, 3.05) is 20.1 Å². The zero-order valence-electron chi connectivity index (χ0n) is 15.2. The second-order valence-electron chi connectivity index (χ2n) is 7.69. The van der Waals surface area contributed by atoms with Gasteiger partial charge in [0.25, 0.3) is 5.91 Å². The topological polar surface area (TPSA) is 121 Å². The van der Waals surface area contributed by atoms with E-state index in [0.29, 0.717) is 22.2 Å². The fourth-order valence-corrected chi connectivity index (χ4v) is 6.23. The number of carboxylic acid groups (broad SMARTS) is 1. The highest BCUT2D eigenvalue weighted by molar-refractivity contribution is 8.03. The summed E-state index contributed by atoms with van der Waals surface area (Å²) >= 11 is 1.45. The maximum atomic E-state index is 12.3. The third-order valence-corrected chi connectivity index (χ3v) is 7.43. The van der Waals surface area contributed by atoms with Crippen molar-refractivity contribution in [2.45, 2.75) is 50.1 Å². The molecule has 0 aromatic rings. The predicted octanol–water partition coefficient (Wildman–Crippen LogP) is -0.280. The minimum Gasteiger partial charge on any atom is -0.477 e. The summed E-state index contributed by atoms with van der Waals surface area (Å²) in [5.74, 6) is -2.32. The Hall–Kier alpha value is -1.58. The molecule has 0 spiro atoms. The van der Waals surface area contributed by atoms with Crippen LogP contribution in [0.25, 0.3) is 0 Å². The Bertz CT molecular complexity index is 694. The van der Waals surface area contributed by atoms with Gasteiger partial charge in [-0.3, -0.25) is 9.59 Å². The van der Waals surface area contributed by atoms with E-state index in [1.54, 1.807) is 6.92 Å². The number of nitrogens with two attached hydrogens (primary N) is 1. The Labute approximate surface area is 156 Å². The van der Waals surface area contributed by atoms with Crippen molar-refractivity contribution in [1.29, 1.82) is 0 Å². The number of carbonyl (C=O) groups is 3. The van der Waals surface area contributed by atoms with Crippen molar-refractivity contribution in [3.63, 3.8) is 0 Å². The van der Waals surface area contributed by atoms with Crippen molar-refractivity contribution in [3.05, 3.63) is 10.6 Å². The van der Waals surface area contributed by atoms with Gasteiger partial charge < -0.3 is 25.3 Å². The average Bonchev–Trinajstić information content (AvgIpc) is 3.03. The minimum atomic E-state index is -1.12. The van der Waals surface area contributed by atoms with E-state index in [1.165, 1.54) is 16.7 Å². The smallest absolute Gasteiger partial charge is 0.353 e. The molecule has 26 heavy (non-hydrogen) atoms. The summed E-state index contributed by atoms with van der Waals surface area (Å²) in [4.78, 5) is 37.8. The fourth-order valence-electron chi connectivity index (χ4n) is 4.57. The summed E-state index contributed by atoms with van der Waals surface area (Å²) in [7, 11) is 2.00. The van der Waals surface area contributed by atoms with Crippen LogP contribution < -0.4 is 5.73 Å². The van der Waals surface area contributed by atoms with Crippen LogP contribution in [0.15, 0.2) is 10.6 Å². The Morgan fingerprint density at radius 3 is 2.58 bits per heavy atom. The number of primary amides is 1. The van der Waals surface area contributed by atoms with Gasteiger partial charge in [0.2, 0.25) is 5.91 Å². The number of amides is 2. The summed E-state index contributed by atoms with van der Waals surface area (Å²) in [6.07, 6.45) is 0.245. The van der Waals surface area contributed by atoms with Gasteiger partial charge in [0, 0.05) is 17.7 Å². The Morgan fingerprint density at radius 2 is 2.12 bits per heavy atom. The molecule has 3 aliphatic rings. The average molecular weight is 384 g/mol. The number of carbonyl (C=O) groups excluding carboxylic acids is 2. The molecule has 144 valence electrons. The van der Waals surface area contributed by atoms with Gasteiger partial charge in [-0.15, -0.1) is 11.8 Å². The first-order chi connectivity index (χ1) is 12.1. The largest absolute Gasteiger partial charge is 0.477 e. The molecule has 0 saturated carbocycles.